The summed E-state index contributed by atoms with van der Waals surface area (Å²) in [6.07, 6.45) is 7.09. The second kappa shape index (κ2) is 7.80. The summed E-state index contributed by atoms with van der Waals surface area (Å²) in [5, 5.41) is 13.5. The molecule has 1 fully saturated rings. The highest BCUT2D eigenvalue weighted by Crippen LogP contribution is 2.16. The Morgan fingerprint density at radius 3 is 3.16 bits per heavy atom. The topological polar surface area (TPSA) is 48.4 Å². The van der Waals surface area contributed by atoms with Crippen molar-refractivity contribution in [1.82, 2.24) is 15.2 Å². The number of aliphatic hydroxyl groups excluding tert-OH is 1. The second-order valence-electron chi connectivity index (χ2n) is 5.01. The Morgan fingerprint density at radius 1 is 1.47 bits per heavy atom. The Bertz CT molecular complexity index is 389. The molecule has 0 amide bonds. The first-order valence-electron chi connectivity index (χ1n) is 6.95. The number of pyridine rings is 1. The van der Waals surface area contributed by atoms with E-state index in [-0.39, 0.29) is 6.61 Å². The van der Waals surface area contributed by atoms with Crippen LogP contribution in [-0.2, 0) is 6.54 Å². The highest BCUT2D eigenvalue weighted by molar-refractivity contribution is 6.31. The molecular weight excluding hydrogens is 262 g/mol. The minimum Gasteiger partial charge on any atom is -0.395 e. The van der Waals surface area contributed by atoms with Gasteiger partial charge in [-0.2, -0.15) is 0 Å². The van der Waals surface area contributed by atoms with Crippen molar-refractivity contribution in [3.05, 3.63) is 29.0 Å². The van der Waals surface area contributed by atoms with Crippen LogP contribution in [0.4, 0.5) is 0 Å². The minimum atomic E-state index is 0.272. The monoisotopic (exact) mass is 283 g/mol. The van der Waals surface area contributed by atoms with Crippen LogP contribution in [0.3, 0.4) is 0 Å². The van der Waals surface area contributed by atoms with E-state index in [1.807, 2.05) is 6.07 Å². The molecule has 4 nitrogen and oxygen atoms in total. The van der Waals surface area contributed by atoms with Crippen molar-refractivity contribution in [1.29, 1.82) is 0 Å². The van der Waals surface area contributed by atoms with E-state index in [0.29, 0.717) is 6.04 Å². The third-order valence-electron chi connectivity index (χ3n) is 3.70. The second-order valence-corrected chi connectivity index (χ2v) is 5.42. The maximum Gasteiger partial charge on any atom is 0.0586 e. The molecule has 1 aromatic heterocycles. The highest BCUT2D eigenvalue weighted by Gasteiger charge is 2.20. The fourth-order valence-electron chi connectivity index (χ4n) is 2.55. The molecule has 5 heteroatoms. The summed E-state index contributed by atoms with van der Waals surface area (Å²) in [5.74, 6) is 0. The minimum absolute atomic E-state index is 0.272. The van der Waals surface area contributed by atoms with Gasteiger partial charge in [0.15, 0.2) is 0 Å². The van der Waals surface area contributed by atoms with Gasteiger partial charge in [-0.05, 0) is 25.5 Å². The average molecular weight is 284 g/mol. The smallest absolute Gasteiger partial charge is 0.0586 e. The van der Waals surface area contributed by atoms with Crippen LogP contribution in [0.2, 0.25) is 5.02 Å². The summed E-state index contributed by atoms with van der Waals surface area (Å²) < 4.78 is 0. The molecular formula is C14H22ClN3O. The van der Waals surface area contributed by atoms with Gasteiger partial charge in [0.25, 0.3) is 0 Å². The maximum absolute atomic E-state index is 9.34. The van der Waals surface area contributed by atoms with Crippen molar-refractivity contribution in [2.75, 3.05) is 26.2 Å². The van der Waals surface area contributed by atoms with Crippen molar-refractivity contribution >= 4 is 11.6 Å². The third kappa shape index (κ3) is 4.42. The number of hydrogen-bond acceptors (Lipinski definition) is 4. The van der Waals surface area contributed by atoms with Crippen molar-refractivity contribution in [3.63, 3.8) is 0 Å². The molecule has 1 unspecified atom stereocenters. The fraction of sp³-hybridized carbons (Fsp3) is 0.643. The molecule has 0 bridgehead atoms. The lowest BCUT2D eigenvalue weighted by Gasteiger charge is -2.34. The summed E-state index contributed by atoms with van der Waals surface area (Å²) in [4.78, 5) is 6.45. The average Bonchev–Trinajstić information content (AvgIpc) is 2.45. The fourth-order valence-corrected chi connectivity index (χ4v) is 2.72. The molecule has 1 atom stereocenters. The summed E-state index contributed by atoms with van der Waals surface area (Å²) in [6.45, 7) is 3.99. The number of piperidine rings is 1. The molecule has 0 saturated carbocycles. The van der Waals surface area contributed by atoms with Gasteiger partial charge in [0, 0.05) is 48.7 Å². The number of likely N-dealkylation sites (tertiary alicyclic amines) is 1. The van der Waals surface area contributed by atoms with Crippen molar-refractivity contribution in [2.45, 2.75) is 31.8 Å². The Morgan fingerprint density at radius 2 is 2.37 bits per heavy atom. The molecule has 2 heterocycles. The van der Waals surface area contributed by atoms with E-state index in [2.05, 4.69) is 15.2 Å². The maximum atomic E-state index is 9.34. The van der Waals surface area contributed by atoms with Gasteiger partial charge in [-0.25, -0.2) is 0 Å². The van der Waals surface area contributed by atoms with E-state index in [1.54, 1.807) is 12.4 Å². The van der Waals surface area contributed by atoms with E-state index in [1.165, 1.54) is 12.8 Å². The van der Waals surface area contributed by atoms with Crippen LogP contribution in [0, 0.1) is 0 Å². The van der Waals surface area contributed by atoms with E-state index < -0.39 is 0 Å². The Labute approximate surface area is 119 Å². The van der Waals surface area contributed by atoms with Crippen LogP contribution in [-0.4, -0.2) is 47.3 Å². The molecule has 0 aliphatic carbocycles. The van der Waals surface area contributed by atoms with Gasteiger partial charge in [0.2, 0.25) is 0 Å². The number of nitrogens with zero attached hydrogens (tertiary/aromatic N) is 2. The van der Waals surface area contributed by atoms with Crippen LogP contribution in [0.1, 0.15) is 24.8 Å². The first-order chi connectivity index (χ1) is 9.31. The van der Waals surface area contributed by atoms with Gasteiger partial charge >= 0.3 is 0 Å². The zero-order valence-corrected chi connectivity index (χ0v) is 11.9. The highest BCUT2D eigenvalue weighted by atomic mass is 35.5. The van der Waals surface area contributed by atoms with E-state index >= 15 is 0 Å². The van der Waals surface area contributed by atoms with Crippen LogP contribution in [0.5, 0.6) is 0 Å². The predicted octanol–water partition coefficient (Wildman–Crippen LogP) is 1.67. The lowest BCUT2D eigenvalue weighted by Crippen LogP contribution is -2.44. The molecule has 0 radical (unpaired) electrons. The Balaban J connectivity index is 1.70. The zero-order valence-electron chi connectivity index (χ0n) is 11.2. The van der Waals surface area contributed by atoms with Crippen molar-refractivity contribution in [2.24, 2.45) is 0 Å². The first-order valence-corrected chi connectivity index (χ1v) is 7.33. The SMILES string of the molecule is OCC1CCCCN1CCNCc1cnccc1Cl. The van der Waals surface area contributed by atoms with Crippen LogP contribution in [0.15, 0.2) is 18.5 Å². The molecule has 0 aromatic carbocycles. The predicted molar refractivity (Wildman–Crippen MR) is 77.3 cm³/mol. The van der Waals surface area contributed by atoms with E-state index in [4.69, 9.17) is 11.6 Å². The molecule has 1 aliphatic rings. The Hall–Kier alpha value is -0.680. The van der Waals surface area contributed by atoms with E-state index in [0.717, 1.165) is 43.2 Å². The number of nitrogens with one attached hydrogen (secondary N) is 1. The molecule has 1 aromatic rings. The number of hydrogen-bond donors (Lipinski definition) is 2. The van der Waals surface area contributed by atoms with Crippen molar-refractivity contribution in [3.8, 4) is 0 Å². The third-order valence-corrected chi connectivity index (χ3v) is 4.06. The van der Waals surface area contributed by atoms with Crippen molar-refractivity contribution < 1.29 is 5.11 Å². The Kier molecular flexibility index (Phi) is 6.04. The van der Waals surface area contributed by atoms with Crippen LogP contribution >= 0.6 is 11.6 Å². The molecule has 19 heavy (non-hydrogen) atoms. The van der Waals surface area contributed by atoms with Gasteiger partial charge in [-0.15, -0.1) is 0 Å². The summed E-state index contributed by atoms with van der Waals surface area (Å²) in [6, 6.07) is 2.16. The van der Waals surface area contributed by atoms with E-state index in [9.17, 15) is 5.11 Å². The lowest BCUT2D eigenvalue weighted by molar-refractivity contribution is 0.0910. The van der Waals surface area contributed by atoms with Gasteiger partial charge in [-0.1, -0.05) is 18.0 Å². The van der Waals surface area contributed by atoms with Gasteiger partial charge in [0.1, 0.15) is 0 Å². The largest absolute Gasteiger partial charge is 0.395 e. The molecule has 1 aliphatic heterocycles. The molecule has 2 N–H and O–H groups in total. The van der Waals surface area contributed by atoms with Gasteiger partial charge in [0.05, 0.1) is 6.61 Å². The summed E-state index contributed by atoms with van der Waals surface area (Å²) >= 11 is 6.07. The van der Waals surface area contributed by atoms with Gasteiger partial charge < -0.3 is 10.4 Å². The number of aromatic nitrogens is 1. The zero-order chi connectivity index (χ0) is 13.5. The number of aliphatic hydroxyl groups is 1. The quantitative estimate of drug-likeness (QED) is 0.780. The lowest BCUT2D eigenvalue weighted by atomic mass is 10.0. The molecule has 106 valence electrons. The number of rotatable bonds is 6. The first kappa shape index (κ1) is 14.7. The summed E-state index contributed by atoms with van der Waals surface area (Å²) in [5.41, 5.74) is 1.03. The standard InChI is InChI=1S/C14H22ClN3O/c15-14-4-5-16-9-12(14)10-17-6-8-18-7-2-1-3-13(18)11-19/h4-5,9,13,17,19H,1-3,6-8,10-11H2. The number of halogens is 1. The normalized spacial score (nSPS) is 20.6. The van der Waals surface area contributed by atoms with Crippen LogP contribution in [0.25, 0.3) is 0 Å². The molecule has 2 rings (SSSR count). The van der Waals surface area contributed by atoms with Gasteiger partial charge in [-0.3, -0.25) is 9.88 Å². The summed E-state index contributed by atoms with van der Waals surface area (Å²) in [7, 11) is 0. The molecule has 1 saturated heterocycles. The molecule has 0 spiro atoms. The van der Waals surface area contributed by atoms with Crippen LogP contribution < -0.4 is 5.32 Å².